The molecule has 1 aromatic carbocycles. The van der Waals surface area contributed by atoms with Crippen LogP contribution in [0.2, 0.25) is 0 Å². The third kappa shape index (κ3) is 5.55. The van der Waals surface area contributed by atoms with Gasteiger partial charge in [-0.2, -0.15) is 4.36 Å². The smallest absolute Gasteiger partial charge is 0.269 e. The van der Waals surface area contributed by atoms with E-state index in [1.807, 2.05) is 13.0 Å². The van der Waals surface area contributed by atoms with Crippen molar-refractivity contribution in [3.8, 4) is 11.4 Å². The highest BCUT2D eigenvalue weighted by atomic mass is 32.2. The molecule has 1 aliphatic carbocycles. The number of ether oxygens (including phenoxy) is 1. The highest BCUT2D eigenvalue weighted by Crippen LogP contribution is 2.53. The van der Waals surface area contributed by atoms with Gasteiger partial charge in [0.15, 0.2) is 11.5 Å². The number of benzene rings is 1. The lowest BCUT2D eigenvalue weighted by Crippen LogP contribution is -2.44. The van der Waals surface area contributed by atoms with Gasteiger partial charge in [-0.25, -0.2) is 31.6 Å². The molecular formula is C32H38N6O5S2. The molecule has 238 valence electrons. The number of pyridine rings is 1. The molecule has 11 nitrogen and oxygen atoms in total. The van der Waals surface area contributed by atoms with Crippen LogP contribution in [-0.4, -0.2) is 69.5 Å². The molecule has 2 fully saturated rings. The van der Waals surface area contributed by atoms with Gasteiger partial charge < -0.3 is 9.64 Å². The van der Waals surface area contributed by atoms with E-state index in [2.05, 4.69) is 21.2 Å². The molecule has 2 aliphatic rings. The molecule has 4 heterocycles. The van der Waals surface area contributed by atoms with Crippen molar-refractivity contribution in [1.29, 1.82) is 0 Å². The maximum atomic E-state index is 14.2. The minimum absolute atomic E-state index is 0.0286. The van der Waals surface area contributed by atoms with Crippen molar-refractivity contribution >= 4 is 42.5 Å². The van der Waals surface area contributed by atoms with Crippen molar-refractivity contribution in [2.24, 2.45) is 9.78 Å². The van der Waals surface area contributed by atoms with Crippen LogP contribution in [0.15, 0.2) is 64.1 Å². The zero-order valence-corrected chi connectivity index (χ0v) is 28.0. The lowest BCUT2D eigenvalue weighted by Gasteiger charge is -2.35. The number of rotatable bonds is 6. The molecule has 0 radical (unpaired) electrons. The molecule has 0 N–H and O–H groups in total. The summed E-state index contributed by atoms with van der Waals surface area (Å²) < 4.78 is 51.7. The van der Waals surface area contributed by atoms with E-state index in [0.717, 1.165) is 5.56 Å². The van der Waals surface area contributed by atoms with Crippen LogP contribution in [0.3, 0.4) is 0 Å². The van der Waals surface area contributed by atoms with Crippen molar-refractivity contribution < 1.29 is 22.2 Å². The monoisotopic (exact) mass is 650 g/mol. The molecule has 3 aromatic heterocycles. The number of carbonyl (C=O) groups is 1. The molecule has 45 heavy (non-hydrogen) atoms. The standard InChI is InChI=1S/C32H38N6O5S2/c1-21-7-9-23(10-8-21)45(41,42)38-16-12-25-24(11-15-33-29(25)38)28-34-26(19-27(35-28)37-17-18-43-20-22(37)2)32(13-14-32)44(6,40)36-30(39)31(3,4)5/h7-12,15-16,19,22H,13-14,17-18,20H2,1-6H3/t22-,44-/m1/s1. The van der Waals surface area contributed by atoms with Crippen molar-refractivity contribution in [3.05, 3.63) is 66.1 Å². The summed E-state index contributed by atoms with van der Waals surface area (Å²) in [6.45, 7) is 10.9. The van der Waals surface area contributed by atoms with Gasteiger partial charge in [0, 0.05) is 47.6 Å². The van der Waals surface area contributed by atoms with Gasteiger partial charge in [-0.1, -0.05) is 38.5 Å². The second-order valence-corrected chi connectivity index (χ2v) is 17.4. The zero-order valence-electron chi connectivity index (χ0n) is 26.4. The normalized spacial score (nSPS) is 19.7. The summed E-state index contributed by atoms with van der Waals surface area (Å²) in [7, 11) is -6.97. The molecule has 0 spiro atoms. The Bertz CT molecular complexity index is 2040. The van der Waals surface area contributed by atoms with Crippen LogP contribution >= 0.6 is 0 Å². The van der Waals surface area contributed by atoms with Crippen LogP contribution in [0, 0.1) is 12.3 Å². The molecule has 4 aromatic rings. The fourth-order valence-electron chi connectivity index (χ4n) is 5.56. The molecule has 1 aliphatic heterocycles. The first-order valence-corrected chi connectivity index (χ1v) is 18.3. The van der Waals surface area contributed by atoms with E-state index in [1.54, 1.807) is 69.6 Å². The number of hydrogen-bond acceptors (Lipinski definition) is 9. The third-order valence-electron chi connectivity index (χ3n) is 8.54. The Morgan fingerprint density at radius 2 is 1.78 bits per heavy atom. The van der Waals surface area contributed by atoms with E-state index >= 15 is 0 Å². The summed E-state index contributed by atoms with van der Waals surface area (Å²) in [6.07, 6.45) is 5.70. The molecule has 2 atom stereocenters. The highest BCUT2D eigenvalue weighted by molar-refractivity contribution is 7.94. The largest absolute Gasteiger partial charge is 0.377 e. The summed E-state index contributed by atoms with van der Waals surface area (Å²) in [5, 5.41) is 0.556. The van der Waals surface area contributed by atoms with Gasteiger partial charge in [-0.3, -0.25) is 4.79 Å². The van der Waals surface area contributed by atoms with Gasteiger partial charge in [0.2, 0.25) is 0 Å². The average molecular weight is 651 g/mol. The Kier molecular flexibility index (Phi) is 7.65. The van der Waals surface area contributed by atoms with Crippen LogP contribution < -0.4 is 4.90 Å². The van der Waals surface area contributed by atoms with E-state index in [9.17, 15) is 17.4 Å². The lowest BCUT2D eigenvalue weighted by molar-refractivity contribution is -0.124. The van der Waals surface area contributed by atoms with Crippen LogP contribution in [0.1, 0.15) is 51.8 Å². The molecule has 1 saturated carbocycles. The molecule has 6 rings (SSSR count). The molecular weight excluding hydrogens is 613 g/mol. The lowest BCUT2D eigenvalue weighted by atomic mass is 9.96. The summed E-state index contributed by atoms with van der Waals surface area (Å²) in [4.78, 5) is 29.6. The minimum Gasteiger partial charge on any atom is -0.377 e. The van der Waals surface area contributed by atoms with Crippen molar-refractivity contribution in [2.75, 3.05) is 30.9 Å². The second kappa shape index (κ2) is 11.0. The summed E-state index contributed by atoms with van der Waals surface area (Å²) in [5.41, 5.74) is 1.57. The predicted octanol–water partition coefficient (Wildman–Crippen LogP) is 4.92. The molecule has 0 bridgehead atoms. The number of carbonyl (C=O) groups excluding carboxylic acids is 1. The first-order chi connectivity index (χ1) is 21.1. The van der Waals surface area contributed by atoms with Gasteiger partial charge in [-0.05, 0) is 51.0 Å². The maximum absolute atomic E-state index is 14.2. The Hall–Kier alpha value is -3.68. The summed E-state index contributed by atoms with van der Waals surface area (Å²) >= 11 is 0. The predicted molar refractivity (Wildman–Crippen MR) is 174 cm³/mol. The number of aryl methyl sites for hydroxylation is 1. The number of hydrogen-bond donors (Lipinski definition) is 0. The number of fused-ring (bicyclic) bond motifs is 1. The van der Waals surface area contributed by atoms with Crippen LogP contribution in [0.5, 0.6) is 0 Å². The fourth-order valence-corrected chi connectivity index (χ4v) is 8.97. The van der Waals surface area contributed by atoms with Gasteiger partial charge in [0.25, 0.3) is 15.9 Å². The van der Waals surface area contributed by atoms with E-state index in [0.29, 0.717) is 60.9 Å². The minimum atomic E-state index is -3.93. The van der Waals surface area contributed by atoms with E-state index in [1.165, 1.54) is 10.2 Å². The van der Waals surface area contributed by atoms with Gasteiger partial charge in [0.05, 0.1) is 44.3 Å². The molecule has 1 amide bonds. The van der Waals surface area contributed by atoms with Crippen molar-refractivity contribution in [1.82, 2.24) is 18.9 Å². The highest BCUT2D eigenvalue weighted by Gasteiger charge is 2.54. The summed E-state index contributed by atoms with van der Waals surface area (Å²) in [5.74, 6) is 0.582. The molecule has 13 heteroatoms. The van der Waals surface area contributed by atoms with Gasteiger partial charge >= 0.3 is 0 Å². The Labute approximate surface area is 264 Å². The molecule has 1 saturated heterocycles. The fraction of sp³-hybridized carbons (Fsp3) is 0.438. The van der Waals surface area contributed by atoms with Crippen molar-refractivity contribution in [2.45, 2.75) is 63.1 Å². The number of nitrogens with zero attached hydrogens (tertiary/aromatic N) is 6. The van der Waals surface area contributed by atoms with E-state index in [4.69, 9.17) is 14.7 Å². The van der Waals surface area contributed by atoms with Crippen LogP contribution in [-0.2, 0) is 34.0 Å². The Morgan fingerprint density at radius 1 is 1.07 bits per heavy atom. The van der Waals surface area contributed by atoms with Gasteiger partial charge in [0.1, 0.15) is 5.82 Å². The maximum Gasteiger partial charge on any atom is 0.269 e. The second-order valence-electron chi connectivity index (χ2n) is 13.0. The number of aromatic nitrogens is 4. The Morgan fingerprint density at radius 3 is 2.42 bits per heavy atom. The third-order valence-corrected chi connectivity index (χ3v) is 12.8. The van der Waals surface area contributed by atoms with E-state index < -0.39 is 35.8 Å². The number of amides is 1. The van der Waals surface area contributed by atoms with Crippen molar-refractivity contribution in [3.63, 3.8) is 0 Å². The van der Waals surface area contributed by atoms with E-state index in [-0.39, 0.29) is 16.6 Å². The molecule has 0 unspecified atom stereocenters. The Balaban J connectivity index is 1.53. The first kappa shape index (κ1) is 31.3. The summed E-state index contributed by atoms with van der Waals surface area (Å²) in [6, 6.07) is 12.0. The SMILES string of the molecule is Cc1ccc(S(=O)(=O)n2ccc3c(-c4nc(N5CCOC[C@H]5C)cc(C5([S@@](C)(=O)=NC(=O)C(C)(C)C)CC5)n4)ccnc32)cc1. The first-order valence-electron chi connectivity index (χ1n) is 14.9. The average Bonchev–Trinajstić information content (AvgIpc) is 3.70. The number of anilines is 1. The quantitative estimate of drug-likeness (QED) is 0.285. The zero-order chi connectivity index (χ0) is 32.4. The van der Waals surface area contributed by atoms with Crippen LogP contribution in [0.25, 0.3) is 22.4 Å². The topological polar surface area (TPSA) is 137 Å². The van der Waals surface area contributed by atoms with Crippen LogP contribution in [0.4, 0.5) is 5.82 Å². The number of morpholine rings is 1. The van der Waals surface area contributed by atoms with Gasteiger partial charge in [-0.15, -0.1) is 0 Å².